The average molecular weight is 410 g/mol. The molecule has 0 atom stereocenters. The highest BCUT2D eigenvalue weighted by Gasteiger charge is 2.17. The van der Waals surface area contributed by atoms with Crippen LogP contribution in [0.5, 0.6) is 5.75 Å². The molecule has 6 nitrogen and oxygen atoms in total. The highest BCUT2D eigenvalue weighted by atomic mass is 35.5. The van der Waals surface area contributed by atoms with Crippen LogP contribution in [0, 0.1) is 0 Å². The molecule has 2 aromatic carbocycles. The third kappa shape index (κ3) is 4.96. The zero-order chi connectivity index (χ0) is 20.1. The lowest BCUT2D eigenvalue weighted by Crippen LogP contribution is -2.42. The average Bonchev–Trinajstić information content (AvgIpc) is 3.28. The Morgan fingerprint density at radius 1 is 1.07 bits per heavy atom. The predicted octanol–water partition coefficient (Wildman–Crippen LogP) is 3.57. The molecule has 4 rings (SSSR count). The van der Waals surface area contributed by atoms with Gasteiger partial charge < -0.3 is 9.64 Å². The Balaban J connectivity index is 1.62. The summed E-state index contributed by atoms with van der Waals surface area (Å²) in [6.07, 6.45) is 5.44. The van der Waals surface area contributed by atoms with E-state index in [1.165, 1.54) is 0 Å². The zero-order valence-electron chi connectivity index (χ0n) is 16.4. The first-order valence-electron chi connectivity index (χ1n) is 9.66. The van der Waals surface area contributed by atoms with Gasteiger partial charge in [-0.25, -0.2) is 4.98 Å². The maximum Gasteiger partial charge on any atom is 0.169 e. The van der Waals surface area contributed by atoms with E-state index >= 15 is 0 Å². The Morgan fingerprint density at radius 2 is 1.83 bits per heavy atom. The maximum atomic E-state index is 6.16. The van der Waals surface area contributed by atoms with Crippen molar-refractivity contribution < 1.29 is 4.74 Å². The van der Waals surface area contributed by atoms with E-state index in [0.717, 1.165) is 53.9 Å². The minimum atomic E-state index is 0.458. The number of benzene rings is 2. The van der Waals surface area contributed by atoms with Crippen molar-refractivity contribution in [3.63, 3.8) is 0 Å². The van der Waals surface area contributed by atoms with Crippen LogP contribution >= 0.6 is 11.6 Å². The predicted molar refractivity (Wildman–Crippen MR) is 115 cm³/mol. The van der Waals surface area contributed by atoms with Crippen molar-refractivity contribution in [3.05, 3.63) is 83.4 Å². The molecule has 2 heterocycles. The molecule has 150 valence electrons. The Hall–Kier alpha value is -2.83. The second-order valence-electron chi connectivity index (χ2n) is 7.06. The summed E-state index contributed by atoms with van der Waals surface area (Å²) in [6.45, 7) is 4.23. The van der Waals surface area contributed by atoms with Gasteiger partial charge in [-0.15, -0.1) is 0 Å². The van der Waals surface area contributed by atoms with Crippen molar-refractivity contribution in [1.82, 2.24) is 19.5 Å². The van der Waals surface area contributed by atoms with Crippen molar-refractivity contribution in [2.24, 2.45) is 5.10 Å². The van der Waals surface area contributed by atoms with E-state index in [1.807, 2.05) is 59.3 Å². The van der Waals surface area contributed by atoms with Gasteiger partial charge in [-0.2, -0.15) is 5.10 Å². The summed E-state index contributed by atoms with van der Waals surface area (Å²) >= 11 is 5.98. The van der Waals surface area contributed by atoms with Crippen molar-refractivity contribution in [3.8, 4) is 5.75 Å². The van der Waals surface area contributed by atoms with E-state index in [0.29, 0.717) is 6.61 Å². The molecule has 0 amide bonds. The molecule has 0 N–H and O–H groups in total. The van der Waals surface area contributed by atoms with Crippen molar-refractivity contribution in [1.29, 1.82) is 0 Å². The quantitative estimate of drug-likeness (QED) is 0.477. The van der Waals surface area contributed by atoms with Gasteiger partial charge in [0.05, 0.1) is 5.56 Å². The van der Waals surface area contributed by atoms with E-state index in [1.54, 1.807) is 12.5 Å². The summed E-state index contributed by atoms with van der Waals surface area (Å²) in [5.41, 5.74) is 1.99. The number of imidazole rings is 1. The van der Waals surface area contributed by atoms with Crippen LogP contribution in [0.4, 0.5) is 0 Å². The number of halogens is 1. The van der Waals surface area contributed by atoms with Crippen LogP contribution in [0.15, 0.2) is 72.4 Å². The second-order valence-corrected chi connectivity index (χ2v) is 7.50. The number of likely N-dealkylation sites (N-methyl/N-ethyl adjacent to an activating group) is 1. The minimum Gasteiger partial charge on any atom is -0.488 e. The van der Waals surface area contributed by atoms with E-state index in [4.69, 9.17) is 21.4 Å². The standard InChI is InChI=1S/C22H24ClN5O/c1-26-12-14-28(15-13-26)25-22(27-11-10-24-17-27)20-4-2-3-5-21(20)29-16-18-6-8-19(23)9-7-18/h2-11,17H,12-16H2,1H3. The molecule has 0 radical (unpaired) electrons. The normalized spacial score (nSPS) is 15.5. The number of aromatic nitrogens is 2. The fraction of sp³-hybridized carbons (Fsp3) is 0.273. The lowest BCUT2D eigenvalue weighted by molar-refractivity contribution is 0.158. The number of hydrogen-bond acceptors (Lipinski definition) is 5. The van der Waals surface area contributed by atoms with Gasteiger partial charge in [-0.1, -0.05) is 35.9 Å². The zero-order valence-corrected chi connectivity index (χ0v) is 17.2. The van der Waals surface area contributed by atoms with Gasteiger partial charge in [0.15, 0.2) is 5.84 Å². The van der Waals surface area contributed by atoms with Gasteiger partial charge in [-0.05, 0) is 36.9 Å². The van der Waals surface area contributed by atoms with Crippen molar-refractivity contribution in [2.75, 3.05) is 33.2 Å². The molecule has 0 unspecified atom stereocenters. The fourth-order valence-corrected chi connectivity index (χ4v) is 3.30. The Bertz CT molecular complexity index is 948. The fourth-order valence-electron chi connectivity index (χ4n) is 3.18. The van der Waals surface area contributed by atoms with Gasteiger partial charge in [-0.3, -0.25) is 9.58 Å². The summed E-state index contributed by atoms with van der Waals surface area (Å²) in [6, 6.07) is 15.7. The smallest absolute Gasteiger partial charge is 0.169 e. The van der Waals surface area contributed by atoms with Crippen LogP contribution in [0.2, 0.25) is 5.02 Å². The molecule has 1 aliphatic heterocycles. The lowest BCUT2D eigenvalue weighted by atomic mass is 10.1. The molecule has 1 aliphatic rings. The van der Waals surface area contributed by atoms with Crippen molar-refractivity contribution >= 4 is 17.4 Å². The summed E-state index contributed by atoms with van der Waals surface area (Å²) in [5, 5.41) is 7.79. The monoisotopic (exact) mass is 409 g/mol. The molecule has 0 aliphatic carbocycles. The topological polar surface area (TPSA) is 45.9 Å². The minimum absolute atomic E-state index is 0.458. The molecule has 29 heavy (non-hydrogen) atoms. The molecular weight excluding hydrogens is 386 g/mol. The van der Waals surface area contributed by atoms with E-state index < -0.39 is 0 Å². The summed E-state index contributed by atoms with van der Waals surface area (Å²) in [5.74, 6) is 1.59. The lowest BCUT2D eigenvalue weighted by Gasteiger charge is -2.31. The van der Waals surface area contributed by atoms with Crippen LogP contribution in [-0.4, -0.2) is 58.5 Å². The van der Waals surface area contributed by atoms with Gasteiger partial charge in [0.25, 0.3) is 0 Å². The number of hydrazone groups is 1. The SMILES string of the molecule is CN1CCN(N=C(c2ccccc2OCc2ccc(Cl)cc2)n2ccnc2)CC1. The van der Waals surface area contributed by atoms with Crippen LogP contribution in [0.25, 0.3) is 0 Å². The summed E-state index contributed by atoms with van der Waals surface area (Å²) in [7, 11) is 2.14. The van der Waals surface area contributed by atoms with Crippen LogP contribution in [0.3, 0.4) is 0 Å². The number of ether oxygens (including phenoxy) is 1. The van der Waals surface area contributed by atoms with Gasteiger partial charge in [0.2, 0.25) is 0 Å². The Kier molecular flexibility index (Phi) is 6.12. The number of piperazine rings is 1. The molecule has 0 spiro atoms. The van der Waals surface area contributed by atoms with E-state index in [9.17, 15) is 0 Å². The second kappa shape index (κ2) is 9.11. The molecule has 3 aromatic rings. The van der Waals surface area contributed by atoms with E-state index in [-0.39, 0.29) is 0 Å². The number of para-hydroxylation sites is 1. The Labute approximate surface area is 176 Å². The molecule has 7 heteroatoms. The maximum absolute atomic E-state index is 6.16. The molecular formula is C22H24ClN5O. The van der Waals surface area contributed by atoms with Crippen LogP contribution < -0.4 is 4.74 Å². The summed E-state index contributed by atoms with van der Waals surface area (Å²) < 4.78 is 8.10. The molecule has 1 fully saturated rings. The summed E-state index contributed by atoms with van der Waals surface area (Å²) in [4.78, 5) is 6.52. The van der Waals surface area contributed by atoms with Gasteiger partial charge >= 0.3 is 0 Å². The molecule has 0 saturated carbocycles. The van der Waals surface area contributed by atoms with Crippen LogP contribution in [-0.2, 0) is 6.61 Å². The highest BCUT2D eigenvalue weighted by Crippen LogP contribution is 2.22. The first-order valence-corrected chi connectivity index (χ1v) is 10.0. The third-order valence-electron chi connectivity index (χ3n) is 4.90. The third-order valence-corrected chi connectivity index (χ3v) is 5.15. The van der Waals surface area contributed by atoms with Crippen LogP contribution in [0.1, 0.15) is 11.1 Å². The van der Waals surface area contributed by atoms with Gasteiger partial charge in [0, 0.05) is 43.6 Å². The first-order chi connectivity index (χ1) is 14.2. The number of nitrogens with zero attached hydrogens (tertiary/aromatic N) is 5. The van der Waals surface area contributed by atoms with E-state index in [2.05, 4.69) is 21.9 Å². The number of hydrogen-bond donors (Lipinski definition) is 0. The first kappa shape index (κ1) is 19.5. The van der Waals surface area contributed by atoms with Crippen molar-refractivity contribution in [2.45, 2.75) is 6.61 Å². The van der Waals surface area contributed by atoms with Gasteiger partial charge in [0.1, 0.15) is 18.7 Å². The largest absolute Gasteiger partial charge is 0.488 e. The number of rotatable bonds is 5. The highest BCUT2D eigenvalue weighted by molar-refractivity contribution is 6.30. The molecule has 0 bridgehead atoms. The Morgan fingerprint density at radius 3 is 2.55 bits per heavy atom. The molecule has 1 aromatic heterocycles. The molecule has 1 saturated heterocycles.